The first-order valence-electron chi connectivity index (χ1n) is 3.49. The molecule has 1 atom stereocenters. The summed E-state index contributed by atoms with van der Waals surface area (Å²) in [5.74, 6) is 0.160. The average molecular weight is 197 g/mol. The fourth-order valence-corrected chi connectivity index (χ4v) is 2.24. The van der Waals surface area contributed by atoms with Crippen LogP contribution in [0, 0.1) is 5.92 Å². The van der Waals surface area contributed by atoms with Gasteiger partial charge in [-0.2, -0.15) is 0 Å². The smallest absolute Gasteiger partial charge is 0.212 e. The van der Waals surface area contributed by atoms with E-state index in [1.54, 1.807) is 0 Å². The summed E-state index contributed by atoms with van der Waals surface area (Å²) in [6, 6.07) is 0. The Hall–Kier alpha value is -0.0200. The Balaban J connectivity index is 3.79. The van der Waals surface area contributed by atoms with E-state index in [1.165, 1.54) is 0 Å². The molecule has 0 rings (SSSR count). The lowest BCUT2D eigenvalue weighted by Crippen LogP contribution is -2.07. The quantitative estimate of drug-likeness (QED) is 0.510. The largest absolute Gasteiger partial charge is 0.232 e. The van der Waals surface area contributed by atoms with Crippen molar-refractivity contribution in [2.45, 2.75) is 20.3 Å². The van der Waals surface area contributed by atoms with Crippen LogP contribution in [0.2, 0.25) is 0 Å². The Labute approximate surface area is 72.7 Å². The molecular weight excluding hydrogens is 184 g/mol. The van der Waals surface area contributed by atoms with E-state index >= 15 is 0 Å². The normalized spacial score (nSPS) is 15.5. The summed E-state index contributed by atoms with van der Waals surface area (Å²) < 4.78 is 21.1. The molecule has 0 N–H and O–H groups in total. The molecule has 0 unspecified atom stereocenters. The van der Waals surface area contributed by atoms with Gasteiger partial charge in [0.05, 0.1) is 5.75 Å². The predicted molar refractivity (Wildman–Crippen MR) is 48.2 cm³/mol. The molecule has 0 aromatic heterocycles. The van der Waals surface area contributed by atoms with Gasteiger partial charge in [-0.05, 0) is 19.3 Å². The number of allylic oxidation sites excluding steroid dienone is 2. The molecule has 0 aliphatic carbocycles. The van der Waals surface area contributed by atoms with Crippen LogP contribution in [-0.4, -0.2) is 14.2 Å². The topological polar surface area (TPSA) is 34.1 Å². The molecule has 0 saturated carbocycles. The van der Waals surface area contributed by atoms with E-state index in [-0.39, 0.29) is 11.7 Å². The van der Waals surface area contributed by atoms with E-state index < -0.39 is 9.05 Å². The Kier molecular flexibility index (Phi) is 4.77. The summed E-state index contributed by atoms with van der Waals surface area (Å²) in [6.07, 6.45) is 4.60. The van der Waals surface area contributed by atoms with E-state index in [4.69, 9.17) is 10.7 Å². The number of hydrogen-bond donors (Lipinski definition) is 0. The molecule has 0 aliphatic heterocycles. The lowest BCUT2D eigenvalue weighted by Gasteiger charge is -2.03. The maximum absolute atomic E-state index is 10.5. The Morgan fingerprint density at radius 3 is 2.45 bits per heavy atom. The van der Waals surface area contributed by atoms with Crippen molar-refractivity contribution in [2.24, 2.45) is 5.92 Å². The van der Waals surface area contributed by atoms with E-state index in [1.807, 2.05) is 26.0 Å². The summed E-state index contributed by atoms with van der Waals surface area (Å²) in [7, 11) is 1.74. The van der Waals surface area contributed by atoms with Crippen LogP contribution in [0.1, 0.15) is 20.3 Å². The standard InChI is InChI=1S/C7H13ClO2S/c1-3-4-5-7(2)6-11(8,9)10/h3-4,7H,5-6H2,1-2H3/b4-3+/t7-/m0/s1. The number of hydrogen-bond acceptors (Lipinski definition) is 2. The minimum absolute atomic E-state index is 0.0545. The molecule has 0 spiro atoms. The van der Waals surface area contributed by atoms with Gasteiger partial charge in [0.15, 0.2) is 0 Å². The number of rotatable bonds is 4. The van der Waals surface area contributed by atoms with Gasteiger partial charge in [0.2, 0.25) is 9.05 Å². The van der Waals surface area contributed by atoms with Crippen LogP contribution >= 0.6 is 10.7 Å². The highest BCUT2D eigenvalue weighted by molar-refractivity contribution is 8.13. The summed E-state index contributed by atoms with van der Waals surface area (Å²) in [6.45, 7) is 3.77. The van der Waals surface area contributed by atoms with Crippen LogP contribution < -0.4 is 0 Å². The van der Waals surface area contributed by atoms with Crippen LogP contribution in [-0.2, 0) is 9.05 Å². The second-order valence-corrected chi connectivity index (χ2v) is 5.44. The summed E-state index contributed by atoms with van der Waals surface area (Å²) in [5.41, 5.74) is 0. The predicted octanol–water partition coefficient (Wildman–Crippen LogP) is 2.16. The highest BCUT2D eigenvalue weighted by Crippen LogP contribution is 2.09. The zero-order chi connectivity index (χ0) is 8.91. The molecule has 0 aromatic rings. The highest BCUT2D eigenvalue weighted by Gasteiger charge is 2.10. The van der Waals surface area contributed by atoms with Crippen molar-refractivity contribution < 1.29 is 8.42 Å². The van der Waals surface area contributed by atoms with Crippen molar-refractivity contribution in [3.05, 3.63) is 12.2 Å². The van der Waals surface area contributed by atoms with Gasteiger partial charge >= 0.3 is 0 Å². The minimum Gasteiger partial charge on any atom is -0.212 e. The third kappa shape index (κ3) is 7.88. The van der Waals surface area contributed by atoms with Crippen LogP contribution in [0.25, 0.3) is 0 Å². The molecule has 4 heteroatoms. The summed E-state index contributed by atoms with van der Waals surface area (Å²) in [4.78, 5) is 0. The average Bonchev–Trinajstić information content (AvgIpc) is 1.79. The zero-order valence-electron chi connectivity index (χ0n) is 6.75. The number of halogens is 1. The van der Waals surface area contributed by atoms with E-state index in [0.29, 0.717) is 0 Å². The third-order valence-corrected chi connectivity index (χ3v) is 2.60. The van der Waals surface area contributed by atoms with Crippen LogP contribution in [0.15, 0.2) is 12.2 Å². The van der Waals surface area contributed by atoms with Crippen molar-refractivity contribution in [1.82, 2.24) is 0 Å². The van der Waals surface area contributed by atoms with Gasteiger partial charge in [0.1, 0.15) is 0 Å². The van der Waals surface area contributed by atoms with Crippen LogP contribution in [0.5, 0.6) is 0 Å². The summed E-state index contributed by atoms with van der Waals surface area (Å²) in [5, 5.41) is 0. The summed E-state index contributed by atoms with van der Waals surface area (Å²) >= 11 is 0. The Morgan fingerprint density at radius 2 is 2.09 bits per heavy atom. The van der Waals surface area contributed by atoms with Crippen LogP contribution in [0.3, 0.4) is 0 Å². The highest BCUT2D eigenvalue weighted by atomic mass is 35.7. The Bertz CT molecular complexity index is 219. The van der Waals surface area contributed by atoms with E-state index in [0.717, 1.165) is 6.42 Å². The maximum atomic E-state index is 10.5. The molecule has 66 valence electrons. The molecule has 0 aromatic carbocycles. The van der Waals surface area contributed by atoms with Gasteiger partial charge in [-0.15, -0.1) is 0 Å². The molecule has 0 aliphatic rings. The molecule has 2 nitrogen and oxygen atoms in total. The maximum Gasteiger partial charge on any atom is 0.232 e. The molecule has 0 fully saturated rings. The van der Waals surface area contributed by atoms with Crippen molar-refractivity contribution >= 4 is 19.7 Å². The second-order valence-electron chi connectivity index (χ2n) is 2.62. The third-order valence-electron chi connectivity index (χ3n) is 1.26. The monoisotopic (exact) mass is 196 g/mol. The van der Waals surface area contributed by atoms with Crippen molar-refractivity contribution in [3.63, 3.8) is 0 Å². The lowest BCUT2D eigenvalue weighted by molar-refractivity contribution is 0.586. The van der Waals surface area contributed by atoms with Crippen LogP contribution in [0.4, 0.5) is 0 Å². The van der Waals surface area contributed by atoms with Gasteiger partial charge in [0.25, 0.3) is 0 Å². The molecule has 0 amide bonds. The van der Waals surface area contributed by atoms with Gasteiger partial charge < -0.3 is 0 Å². The molecule has 0 bridgehead atoms. The molecule has 0 heterocycles. The SMILES string of the molecule is C/C=C/C[C@H](C)CS(=O)(=O)Cl. The first kappa shape index (κ1) is 11.0. The van der Waals surface area contributed by atoms with Crippen molar-refractivity contribution in [1.29, 1.82) is 0 Å². The van der Waals surface area contributed by atoms with Crippen molar-refractivity contribution in [3.8, 4) is 0 Å². The van der Waals surface area contributed by atoms with Gasteiger partial charge in [-0.3, -0.25) is 0 Å². The molecule has 0 saturated heterocycles. The van der Waals surface area contributed by atoms with E-state index in [9.17, 15) is 8.42 Å². The van der Waals surface area contributed by atoms with E-state index in [2.05, 4.69) is 0 Å². The molecule has 11 heavy (non-hydrogen) atoms. The Morgan fingerprint density at radius 1 is 1.55 bits per heavy atom. The van der Waals surface area contributed by atoms with Gasteiger partial charge in [-0.1, -0.05) is 19.1 Å². The van der Waals surface area contributed by atoms with Crippen molar-refractivity contribution in [2.75, 3.05) is 5.75 Å². The minimum atomic E-state index is -3.32. The first-order chi connectivity index (χ1) is 4.95. The zero-order valence-corrected chi connectivity index (χ0v) is 8.32. The second kappa shape index (κ2) is 4.78. The van der Waals surface area contributed by atoms with Gasteiger partial charge in [0, 0.05) is 10.7 Å². The molecular formula is C7H13ClO2S. The lowest BCUT2D eigenvalue weighted by atomic mass is 10.1. The van der Waals surface area contributed by atoms with Gasteiger partial charge in [-0.25, -0.2) is 8.42 Å². The molecule has 0 radical (unpaired) electrons. The fraction of sp³-hybridized carbons (Fsp3) is 0.714. The fourth-order valence-electron chi connectivity index (χ4n) is 0.776. The first-order valence-corrected chi connectivity index (χ1v) is 5.97.